The maximum absolute atomic E-state index is 14.1. The summed E-state index contributed by atoms with van der Waals surface area (Å²) in [5.74, 6) is -0.00742. The fourth-order valence-corrected chi connectivity index (χ4v) is 2.48. The summed E-state index contributed by atoms with van der Waals surface area (Å²) in [6.45, 7) is 4.88. The molecule has 7 nitrogen and oxygen atoms in total. The van der Waals surface area contributed by atoms with Crippen LogP contribution in [0.3, 0.4) is 0 Å². The van der Waals surface area contributed by atoms with Gasteiger partial charge in [-0.05, 0) is 19.1 Å². The summed E-state index contributed by atoms with van der Waals surface area (Å²) in [6, 6.07) is 5.88. The number of amides is 1. The number of anilines is 2. The second-order valence-corrected chi connectivity index (χ2v) is 5.39. The first-order chi connectivity index (χ1) is 12.2. The first-order valence-electron chi connectivity index (χ1n) is 8.06. The Bertz CT molecular complexity index is 750. The van der Waals surface area contributed by atoms with Gasteiger partial charge in [0.2, 0.25) is 0 Å². The first kappa shape index (κ1) is 17.1. The van der Waals surface area contributed by atoms with Gasteiger partial charge in [-0.2, -0.15) is 0 Å². The van der Waals surface area contributed by atoms with E-state index in [0.29, 0.717) is 44.5 Å². The molecule has 8 heteroatoms. The van der Waals surface area contributed by atoms with Gasteiger partial charge in [0.15, 0.2) is 0 Å². The first-order valence-corrected chi connectivity index (χ1v) is 8.06. The van der Waals surface area contributed by atoms with Crippen LogP contribution in [-0.2, 0) is 4.74 Å². The van der Waals surface area contributed by atoms with Crippen LogP contribution in [0.5, 0.6) is 5.75 Å². The van der Waals surface area contributed by atoms with E-state index in [9.17, 15) is 9.18 Å². The summed E-state index contributed by atoms with van der Waals surface area (Å²) in [5, 5.41) is 2.52. The molecule has 1 aromatic heterocycles. The zero-order chi connectivity index (χ0) is 17.6. The molecule has 132 valence electrons. The summed E-state index contributed by atoms with van der Waals surface area (Å²) < 4.78 is 24.6. The molecule has 0 aliphatic carbocycles. The highest BCUT2D eigenvalue weighted by molar-refractivity contribution is 6.03. The maximum atomic E-state index is 14.1. The Morgan fingerprint density at radius 1 is 1.32 bits per heavy atom. The highest BCUT2D eigenvalue weighted by atomic mass is 19.1. The van der Waals surface area contributed by atoms with Crippen LogP contribution in [-0.4, -0.2) is 48.8 Å². The second-order valence-electron chi connectivity index (χ2n) is 5.39. The molecule has 3 rings (SSSR count). The van der Waals surface area contributed by atoms with Gasteiger partial charge < -0.3 is 19.7 Å². The van der Waals surface area contributed by atoms with Crippen molar-refractivity contribution in [3.05, 3.63) is 42.1 Å². The van der Waals surface area contributed by atoms with Gasteiger partial charge >= 0.3 is 0 Å². The van der Waals surface area contributed by atoms with Gasteiger partial charge in [0.25, 0.3) is 5.91 Å². The monoisotopic (exact) mass is 346 g/mol. The van der Waals surface area contributed by atoms with Crippen molar-refractivity contribution in [1.82, 2.24) is 9.97 Å². The second kappa shape index (κ2) is 7.89. The van der Waals surface area contributed by atoms with Crippen LogP contribution in [0.1, 0.15) is 17.4 Å². The van der Waals surface area contributed by atoms with Crippen LogP contribution >= 0.6 is 0 Å². The zero-order valence-electron chi connectivity index (χ0n) is 13.9. The fraction of sp³-hybridized carbons (Fsp3) is 0.353. The number of hydrogen-bond donors (Lipinski definition) is 1. The lowest BCUT2D eigenvalue weighted by Gasteiger charge is -2.27. The van der Waals surface area contributed by atoms with Crippen LogP contribution in [0.2, 0.25) is 0 Å². The number of benzene rings is 1. The fourth-order valence-electron chi connectivity index (χ4n) is 2.48. The van der Waals surface area contributed by atoms with Crippen molar-refractivity contribution in [3.63, 3.8) is 0 Å². The van der Waals surface area contributed by atoms with Gasteiger partial charge in [0, 0.05) is 25.2 Å². The lowest BCUT2D eigenvalue weighted by molar-refractivity contribution is 0.102. The molecule has 2 heterocycles. The number of aromatic nitrogens is 2. The zero-order valence-corrected chi connectivity index (χ0v) is 13.9. The number of halogens is 1. The van der Waals surface area contributed by atoms with Gasteiger partial charge in [-0.15, -0.1) is 0 Å². The molecular formula is C17H19FN4O3. The average Bonchev–Trinajstić information content (AvgIpc) is 2.65. The van der Waals surface area contributed by atoms with Gasteiger partial charge in [0.05, 0.1) is 25.5 Å². The summed E-state index contributed by atoms with van der Waals surface area (Å²) in [7, 11) is 0. The van der Waals surface area contributed by atoms with Crippen molar-refractivity contribution in [2.45, 2.75) is 6.92 Å². The predicted octanol–water partition coefficient (Wildman–Crippen LogP) is 2.10. The number of nitrogens with zero attached hydrogens (tertiary/aromatic N) is 3. The Morgan fingerprint density at radius 2 is 2.12 bits per heavy atom. The molecule has 0 atom stereocenters. The van der Waals surface area contributed by atoms with E-state index in [2.05, 4.69) is 15.3 Å². The minimum atomic E-state index is -0.568. The normalized spacial score (nSPS) is 14.2. The SMILES string of the molecule is CCOc1ccc(NC(=O)c2cc(N3CCOCC3)ncn2)c(F)c1. The molecule has 1 amide bonds. The highest BCUT2D eigenvalue weighted by Gasteiger charge is 2.16. The number of carbonyl (C=O) groups is 1. The molecule has 1 fully saturated rings. The van der Waals surface area contributed by atoms with Crippen molar-refractivity contribution < 1.29 is 18.7 Å². The van der Waals surface area contributed by atoms with Crippen LogP contribution in [0.15, 0.2) is 30.6 Å². The summed E-state index contributed by atoms with van der Waals surface area (Å²) in [5.41, 5.74) is 0.241. The highest BCUT2D eigenvalue weighted by Crippen LogP contribution is 2.21. The number of morpholine rings is 1. The van der Waals surface area contributed by atoms with Crippen molar-refractivity contribution in [1.29, 1.82) is 0 Å². The lowest BCUT2D eigenvalue weighted by Crippen LogP contribution is -2.37. The Labute approximate surface area is 144 Å². The molecule has 0 spiro atoms. The van der Waals surface area contributed by atoms with E-state index < -0.39 is 11.7 Å². The maximum Gasteiger partial charge on any atom is 0.274 e. The molecule has 0 bridgehead atoms. The molecule has 1 aliphatic heterocycles. The van der Waals surface area contributed by atoms with Crippen molar-refractivity contribution in [2.75, 3.05) is 43.1 Å². The number of ether oxygens (including phenoxy) is 2. The largest absolute Gasteiger partial charge is 0.494 e. The van der Waals surface area contributed by atoms with Crippen LogP contribution in [0.4, 0.5) is 15.9 Å². The predicted molar refractivity (Wildman–Crippen MR) is 90.6 cm³/mol. The summed E-state index contributed by atoms with van der Waals surface area (Å²) >= 11 is 0. The van der Waals surface area contributed by atoms with Gasteiger partial charge in [0.1, 0.15) is 29.4 Å². The Morgan fingerprint density at radius 3 is 2.84 bits per heavy atom. The van der Waals surface area contributed by atoms with E-state index in [1.54, 1.807) is 12.1 Å². The van der Waals surface area contributed by atoms with Crippen molar-refractivity contribution in [2.24, 2.45) is 0 Å². The van der Waals surface area contributed by atoms with E-state index in [0.717, 1.165) is 0 Å². The van der Waals surface area contributed by atoms with E-state index in [1.807, 2.05) is 11.8 Å². The van der Waals surface area contributed by atoms with E-state index in [1.165, 1.54) is 18.5 Å². The molecule has 0 radical (unpaired) electrons. The molecule has 0 saturated carbocycles. The Kier molecular flexibility index (Phi) is 5.39. The van der Waals surface area contributed by atoms with Gasteiger partial charge in [-0.3, -0.25) is 4.79 Å². The van der Waals surface area contributed by atoms with E-state index >= 15 is 0 Å². The lowest BCUT2D eigenvalue weighted by atomic mass is 10.2. The third kappa shape index (κ3) is 4.21. The van der Waals surface area contributed by atoms with Crippen LogP contribution < -0.4 is 15.0 Å². The van der Waals surface area contributed by atoms with Crippen LogP contribution in [0.25, 0.3) is 0 Å². The minimum Gasteiger partial charge on any atom is -0.494 e. The smallest absolute Gasteiger partial charge is 0.274 e. The van der Waals surface area contributed by atoms with E-state index in [4.69, 9.17) is 9.47 Å². The summed E-state index contributed by atoms with van der Waals surface area (Å²) in [6.07, 6.45) is 1.33. The average molecular weight is 346 g/mol. The minimum absolute atomic E-state index is 0.0694. The number of hydrogen-bond acceptors (Lipinski definition) is 6. The Hall–Kier alpha value is -2.74. The Balaban J connectivity index is 1.73. The van der Waals surface area contributed by atoms with Gasteiger partial charge in [-0.25, -0.2) is 14.4 Å². The van der Waals surface area contributed by atoms with Crippen LogP contribution in [0, 0.1) is 5.82 Å². The quantitative estimate of drug-likeness (QED) is 0.893. The van der Waals surface area contributed by atoms with Gasteiger partial charge in [-0.1, -0.05) is 0 Å². The third-order valence-electron chi connectivity index (χ3n) is 3.72. The molecule has 1 saturated heterocycles. The standard InChI is InChI=1S/C17H19FN4O3/c1-2-25-12-3-4-14(13(18)9-12)21-17(23)15-10-16(20-11-19-15)22-5-7-24-8-6-22/h3-4,9-11H,2,5-8H2,1H3,(H,21,23). The van der Waals surface area contributed by atoms with Crippen molar-refractivity contribution >= 4 is 17.4 Å². The molecule has 1 N–H and O–H groups in total. The molecule has 2 aromatic rings. The molecule has 0 unspecified atom stereocenters. The number of rotatable bonds is 5. The van der Waals surface area contributed by atoms with Crippen molar-refractivity contribution in [3.8, 4) is 5.75 Å². The third-order valence-corrected chi connectivity index (χ3v) is 3.72. The molecule has 25 heavy (non-hydrogen) atoms. The number of nitrogens with one attached hydrogen (secondary N) is 1. The van der Waals surface area contributed by atoms with E-state index in [-0.39, 0.29) is 11.4 Å². The molecule has 1 aromatic carbocycles. The topological polar surface area (TPSA) is 76.6 Å². The molecule has 1 aliphatic rings. The number of carbonyl (C=O) groups excluding carboxylic acids is 1. The summed E-state index contributed by atoms with van der Waals surface area (Å²) in [4.78, 5) is 22.6. The molecular weight excluding hydrogens is 327 g/mol.